The van der Waals surface area contributed by atoms with Gasteiger partial charge >= 0.3 is 0 Å². The molecule has 0 radical (unpaired) electrons. The Hall–Kier alpha value is -2.54. The van der Waals surface area contributed by atoms with Crippen LogP contribution >= 0.6 is 0 Å². The monoisotopic (exact) mass is 282 g/mol. The second kappa shape index (κ2) is 4.49. The average molecular weight is 282 g/mol. The van der Waals surface area contributed by atoms with Crippen LogP contribution in [0.25, 0.3) is 27.5 Å². The number of rotatable bonds is 1. The molecule has 1 aromatic heterocycles. The van der Waals surface area contributed by atoms with E-state index in [4.69, 9.17) is 15.1 Å². The fourth-order valence-corrected chi connectivity index (χ4v) is 2.54. The Bertz CT molecular complexity index is 1390. The Balaban J connectivity index is 2.50. The molecule has 0 unspecified atom stereocenters. The van der Waals surface area contributed by atoms with Crippen molar-refractivity contribution in [2.45, 2.75) is 13.8 Å². The Kier molecular flexibility index (Phi) is 1.14. The third kappa shape index (κ3) is 1.71. The van der Waals surface area contributed by atoms with Crippen LogP contribution < -0.4 is 0 Å². The predicted molar refractivity (Wildman–Crippen MR) is 90.3 cm³/mol. The quantitative estimate of drug-likeness (QED) is 0.440. The van der Waals surface area contributed by atoms with E-state index >= 15 is 0 Å². The molecule has 1 heterocycles. The molecule has 0 aliphatic carbocycles. The lowest BCUT2D eigenvalue weighted by Crippen LogP contribution is -1.97. The van der Waals surface area contributed by atoms with Crippen LogP contribution in [0.1, 0.15) is 26.2 Å². The summed E-state index contributed by atoms with van der Waals surface area (Å²) in [6, 6.07) is -4.64. The number of para-hydroxylation sites is 3. The van der Waals surface area contributed by atoms with E-state index in [0.29, 0.717) is 0 Å². The molecule has 4 aromatic rings. The first-order valence-electron chi connectivity index (χ1n) is 11.9. The summed E-state index contributed by atoms with van der Waals surface area (Å²) in [4.78, 5) is 0. The minimum absolute atomic E-state index is 0.0272. The fraction of sp³-hybridized carbons (Fsp3) is 0.100. The normalized spacial score (nSPS) is 18.7. The van der Waals surface area contributed by atoms with Gasteiger partial charge in [-0.3, -0.25) is 0 Å². The molecule has 3 aromatic carbocycles. The molecule has 0 saturated heterocycles. The molecule has 102 valence electrons. The topological polar surface area (TPSA) is 4.93 Å². The maximum absolute atomic E-state index is 8.53. The van der Waals surface area contributed by atoms with E-state index in [1.54, 1.807) is 0 Å². The van der Waals surface area contributed by atoms with E-state index in [9.17, 15) is 0 Å². The SMILES string of the molecule is [2H]c1c([2H])c([2H])c(-n2c3c([2H])c([2H])c([2H])c([2H])c3c3c([2H])c([2H])c([2H])c(C)c32)c(C)c1[2H]. The van der Waals surface area contributed by atoms with Gasteiger partial charge in [0.25, 0.3) is 0 Å². The Morgan fingerprint density at radius 3 is 2.29 bits per heavy atom. The lowest BCUT2D eigenvalue weighted by atomic mass is 10.1. The Labute approximate surface area is 139 Å². The first kappa shape index (κ1) is 5.34. The molecule has 0 aliphatic rings. The van der Waals surface area contributed by atoms with Gasteiger partial charge in [-0.1, -0.05) is 54.4 Å². The smallest absolute Gasteiger partial charge is 0.0645 e. The van der Waals surface area contributed by atoms with Gasteiger partial charge < -0.3 is 4.57 Å². The summed E-state index contributed by atoms with van der Waals surface area (Å²) in [6.45, 7) is 3.00. The minimum atomic E-state index is -0.536. The van der Waals surface area contributed by atoms with Gasteiger partial charge in [0.05, 0.1) is 26.1 Å². The van der Waals surface area contributed by atoms with Gasteiger partial charge in [0.1, 0.15) is 0 Å². The minimum Gasteiger partial charge on any atom is -0.309 e. The summed E-state index contributed by atoms with van der Waals surface area (Å²) in [5, 5.41) is 0.0109. The van der Waals surface area contributed by atoms with Crippen LogP contribution in [-0.4, -0.2) is 4.57 Å². The highest BCUT2D eigenvalue weighted by Crippen LogP contribution is 2.34. The number of aromatic nitrogens is 1. The van der Waals surface area contributed by atoms with Gasteiger partial charge in [0, 0.05) is 16.5 Å². The van der Waals surface area contributed by atoms with Crippen LogP contribution in [0.15, 0.2) is 66.5 Å². The molecule has 1 nitrogen and oxygen atoms in total. The van der Waals surface area contributed by atoms with Crippen molar-refractivity contribution in [1.29, 1.82) is 0 Å². The molecule has 4 rings (SSSR count). The van der Waals surface area contributed by atoms with Gasteiger partial charge in [0.2, 0.25) is 0 Å². The molecule has 21 heavy (non-hydrogen) atoms. The molecule has 0 amide bonds. The average Bonchev–Trinajstić information content (AvgIpc) is 3.12. The molecule has 1 heteroatoms. The molecule has 0 saturated carbocycles. The van der Waals surface area contributed by atoms with E-state index < -0.39 is 48.3 Å². The summed E-state index contributed by atoms with van der Waals surface area (Å²) in [7, 11) is 0. The van der Waals surface area contributed by atoms with Crippen molar-refractivity contribution in [3.05, 3.63) is 77.6 Å². The number of hydrogen-bond donors (Lipinski definition) is 0. The van der Waals surface area contributed by atoms with Crippen molar-refractivity contribution in [2.75, 3.05) is 0 Å². The standard InChI is InChI=1S/C20H17N/c1-14-8-3-5-12-18(14)21-19-13-6-4-10-16(19)17-11-7-9-15(2)20(17)21/h3-13H,1-2H3/i3D,4D,5D,6D,7D,8D,9D,10D,11D,12D,13D. The van der Waals surface area contributed by atoms with Gasteiger partial charge in [-0.25, -0.2) is 0 Å². The van der Waals surface area contributed by atoms with Crippen molar-refractivity contribution in [1.82, 2.24) is 4.57 Å². The zero-order chi connectivity index (χ0) is 24.0. The maximum Gasteiger partial charge on any atom is 0.0645 e. The Morgan fingerprint density at radius 2 is 1.38 bits per heavy atom. The molecule has 0 aliphatic heterocycles. The first-order valence-corrected chi connectivity index (χ1v) is 6.42. The van der Waals surface area contributed by atoms with Crippen LogP contribution in [0, 0.1) is 13.8 Å². The van der Waals surface area contributed by atoms with Gasteiger partial charge in [0.15, 0.2) is 0 Å². The zero-order valence-electron chi connectivity index (χ0n) is 22.4. The fourth-order valence-electron chi connectivity index (χ4n) is 2.54. The van der Waals surface area contributed by atoms with E-state index in [2.05, 4.69) is 0 Å². The summed E-state index contributed by atoms with van der Waals surface area (Å²) in [6.07, 6.45) is 0. The molecule has 0 spiro atoms. The molecule has 0 N–H and O–H groups in total. The number of aryl methyl sites for hydroxylation is 1. The number of fused-ring (bicyclic) bond motifs is 3. The summed E-state index contributed by atoms with van der Waals surface area (Å²) in [5.41, 5.74) is 0.419. The predicted octanol–water partition coefficient (Wildman–Crippen LogP) is 5.40. The van der Waals surface area contributed by atoms with Crippen molar-refractivity contribution in [2.24, 2.45) is 0 Å². The van der Waals surface area contributed by atoms with E-state index in [0.717, 1.165) is 0 Å². The number of hydrogen-bond acceptors (Lipinski definition) is 0. The Morgan fingerprint density at radius 1 is 0.714 bits per heavy atom. The highest BCUT2D eigenvalue weighted by molar-refractivity contribution is 6.10. The van der Waals surface area contributed by atoms with Crippen molar-refractivity contribution >= 4 is 21.8 Å². The third-order valence-electron chi connectivity index (χ3n) is 3.47. The van der Waals surface area contributed by atoms with Crippen LogP contribution in [0.2, 0.25) is 0 Å². The summed E-state index contributed by atoms with van der Waals surface area (Å²) < 4.78 is 92.2. The zero-order valence-corrected chi connectivity index (χ0v) is 11.4. The largest absolute Gasteiger partial charge is 0.309 e. The first-order chi connectivity index (χ1) is 14.8. The maximum atomic E-state index is 8.53. The van der Waals surface area contributed by atoms with Crippen molar-refractivity contribution < 1.29 is 15.1 Å². The highest BCUT2D eigenvalue weighted by Gasteiger charge is 2.13. The highest BCUT2D eigenvalue weighted by atomic mass is 15.0. The van der Waals surface area contributed by atoms with E-state index in [1.165, 1.54) is 18.4 Å². The number of benzene rings is 3. The van der Waals surface area contributed by atoms with Crippen LogP contribution in [0.5, 0.6) is 0 Å². The van der Waals surface area contributed by atoms with Crippen LogP contribution in [-0.2, 0) is 0 Å². The van der Waals surface area contributed by atoms with Crippen LogP contribution in [0.4, 0.5) is 0 Å². The second-order valence-corrected chi connectivity index (χ2v) is 4.76. The molecule has 0 bridgehead atoms. The lowest BCUT2D eigenvalue weighted by Gasteiger charge is -2.12. The molecule has 0 atom stereocenters. The van der Waals surface area contributed by atoms with Crippen molar-refractivity contribution in [3.63, 3.8) is 0 Å². The van der Waals surface area contributed by atoms with Gasteiger partial charge in [-0.05, 0) is 37.1 Å². The van der Waals surface area contributed by atoms with E-state index in [1.807, 2.05) is 0 Å². The third-order valence-corrected chi connectivity index (χ3v) is 3.47. The summed E-state index contributed by atoms with van der Waals surface area (Å²) in [5.74, 6) is 0. The second-order valence-electron chi connectivity index (χ2n) is 4.76. The lowest BCUT2D eigenvalue weighted by molar-refractivity contribution is 1.14. The molecule has 0 fully saturated rings. The molecular formula is C20H17N. The number of nitrogens with zero attached hydrogens (tertiary/aromatic N) is 1. The summed E-state index contributed by atoms with van der Waals surface area (Å²) >= 11 is 0. The van der Waals surface area contributed by atoms with Crippen LogP contribution in [0.3, 0.4) is 0 Å². The molecular weight excluding hydrogens is 254 g/mol. The van der Waals surface area contributed by atoms with Crippen molar-refractivity contribution in [3.8, 4) is 5.69 Å². The van der Waals surface area contributed by atoms with E-state index in [-0.39, 0.29) is 56.7 Å². The van der Waals surface area contributed by atoms with Gasteiger partial charge in [-0.15, -0.1) is 0 Å². The van der Waals surface area contributed by atoms with Gasteiger partial charge in [-0.2, -0.15) is 0 Å².